The molecule has 3 rings (SSSR count). The molecule has 0 aliphatic carbocycles. The van der Waals surface area contributed by atoms with Crippen molar-refractivity contribution in [2.45, 2.75) is 58.8 Å². The summed E-state index contributed by atoms with van der Waals surface area (Å²) >= 11 is 0. The summed E-state index contributed by atoms with van der Waals surface area (Å²) in [5, 5.41) is 2.77. The highest BCUT2D eigenvalue weighted by Crippen LogP contribution is 2.33. The summed E-state index contributed by atoms with van der Waals surface area (Å²) in [7, 11) is 0. The van der Waals surface area contributed by atoms with Crippen molar-refractivity contribution < 1.29 is 0 Å². The third kappa shape index (κ3) is 3.79. The Hall–Kier alpha value is -2.08. The predicted octanol–water partition coefficient (Wildman–Crippen LogP) is 7.03. The number of hydrogen-bond acceptors (Lipinski definition) is 0. The Bertz CT molecular complexity index is 869. The molecule has 0 heterocycles. The molecule has 0 nitrogen and oxygen atoms in total. The summed E-state index contributed by atoms with van der Waals surface area (Å²) in [6, 6.07) is 22.6. The molecule has 0 saturated carbocycles. The van der Waals surface area contributed by atoms with E-state index in [9.17, 15) is 0 Å². The van der Waals surface area contributed by atoms with Gasteiger partial charge in [-0.3, -0.25) is 0 Å². The van der Waals surface area contributed by atoms with E-state index >= 15 is 0 Å². The second-order valence-corrected chi connectivity index (χ2v) is 9.19. The Morgan fingerprint density at radius 1 is 0.600 bits per heavy atom. The summed E-state index contributed by atoms with van der Waals surface area (Å²) in [5.41, 5.74) is 5.97. The van der Waals surface area contributed by atoms with Gasteiger partial charge in [0, 0.05) is 0 Å². The van der Waals surface area contributed by atoms with Crippen LogP contribution < -0.4 is 0 Å². The van der Waals surface area contributed by atoms with Crippen molar-refractivity contribution in [1.82, 2.24) is 0 Å². The van der Waals surface area contributed by atoms with Crippen molar-refractivity contribution in [1.29, 1.82) is 0 Å². The molecule has 0 bridgehead atoms. The van der Waals surface area contributed by atoms with Crippen LogP contribution in [0.5, 0.6) is 0 Å². The lowest BCUT2D eigenvalue weighted by Gasteiger charge is -2.23. The van der Waals surface area contributed by atoms with Crippen molar-refractivity contribution in [2.75, 3.05) is 0 Å². The number of fused-ring (bicyclic) bond motifs is 1. The van der Waals surface area contributed by atoms with E-state index < -0.39 is 0 Å². The Labute approximate surface area is 152 Å². The fraction of sp³-hybridized carbons (Fsp3) is 0.360. The van der Waals surface area contributed by atoms with E-state index in [-0.39, 0.29) is 10.8 Å². The molecule has 0 saturated heterocycles. The van der Waals surface area contributed by atoms with E-state index in [2.05, 4.69) is 102 Å². The molecule has 0 atom stereocenters. The minimum absolute atomic E-state index is 0.159. The Kier molecular flexibility index (Phi) is 4.49. The SMILES string of the molecule is CC(C)(C)c1ccc(Cc2ccc(C(C)(C)C)c3ccccc23)cc1. The first-order valence-corrected chi connectivity index (χ1v) is 9.27. The van der Waals surface area contributed by atoms with Crippen LogP contribution in [0.25, 0.3) is 10.8 Å². The molecule has 0 aliphatic rings. The van der Waals surface area contributed by atoms with E-state index in [0.717, 1.165) is 6.42 Å². The van der Waals surface area contributed by atoms with Crippen LogP contribution in [0.1, 0.15) is 63.8 Å². The van der Waals surface area contributed by atoms with Gasteiger partial charge < -0.3 is 0 Å². The molecule has 0 N–H and O–H groups in total. The Morgan fingerprint density at radius 2 is 1.20 bits per heavy atom. The molecule has 0 heteroatoms. The van der Waals surface area contributed by atoms with Gasteiger partial charge in [0.1, 0.15) is 0 Å². The van der Waals surface area contributed by atoms with Crippen LogP contribution in [-0.2, 0) is 17.3 Å². The number of benzene rings is 3. The molecule has 3 aromatic carbocycles. The van der Waals surface area contributed by atoms with E-state index in [4.69, 9.17) is 0 Å². The van der Waals surface area contributed by atoms with Crippen LogP contribution in [0.2, 0.25) is 0 Å². The van der Waals surface area contributed by atoms with Crippen LogP contribution in [0, 0.1) is 0 Å². The highest BCUT2D eigenvalue weighted by Gasteiger charge is 2.18. The summed E-state index contributed by atoms with van der Waals surface area (Å²) in [6.07, 6.45) is 0.982. The molecular weight excluding hydrogens is 300 g/mol. The minimum Gasteiger partial charge on any atom is -0.0616 e. The first-order valence-electron chi connectivity index (χ1n) is 9.27. The predicted molar refractivity (Wildman–Crippen MR) is 111 cm³/mol. The summed E-state index contributed by atoms with van der Waals surface area (Å²) in [4.78, 5) is 0. The van der Waals surface area contributed by atoms with E-state index in [1.165, 1.54) is 33.0 Å². The monoisotopic (exact) mass is 330 g/mol. The van der Waals surface area contributed by atoms with Crippen LogP contribution >= 0.6 is 0 Å². The first-order chi connectivity index (χ1) is 11.7. The fourth-order valence-electron chi connectivity index (χ4n) is 3.51. The third-order valence-electron chi connectivity index (χ3n) is 5.04. The van der Waals surface area contributed by atoms with E-state index in [1.54, 1.807) is 0 Å². The lowest BCUT2D eigenvalue weighted by atomic mass is 9.82. The Morgan fingerprint density at radius 3 is 1.76 bits per heavy atom. The van der Waals surface area contributed by atoms with Crippen molar-refractivity contribution in [3.63, 3.8) is 0 Å². The van der Waals surface area contributed by atoms with Crippen LogP contribution in [0.3, 0.4) is 0 Å². The lowest BCUT2D eigenvalue weighted by Crippen LogP contribution is -2.12. The molecule has 0 spiro atoms. The topological polar surface area (TPSA) is 0 Å². The third-order valence-corrected chi connectivity index (χ3v) is 5.04. The minimum atomic E-state index is 0.159. The molecule has 0 unspecified atom stereocenters. The summed E-state index contributed by atoms with van der Waals surface area (Å²) in [5.74, 6) is 0. The molecule has 0 fully saturated rings. The zero-order chi connectivity index (χ0) is 18.2. The van der Waals surface area contributed by atoms with E-state index in [1.807, 2.05) is 0 Å². The van der Waals surface area contributed by atoms with Gasteiger partial charge >= 0.3 is 0 Å². The van der Waals surface area contributed by atoms with Crippen molar-refractivity contribution >= 4 is 10.8 Å². The van der Waals surface area contributed by atoms with Gasteiger partial charge in [-0.25, -0.2) is 0 Å². The van der Waals surface area contributed by atoms with Gasteiger partial charge in [-0.15, -0.1) is 0 Å². The highest BCUT2D eigenvalue weighted by atomic mass is 14.2. The second-order valence-electron chi connectivity index (χ2n) is 9.19. The average molecular weight is 331 g/mol. The van der Waals surface area contributed by atoms with Crippen LogP contribution in [0.4, 0.5) is 0 Å². The van der Waals surface area contributed by atoms with Crippen molar-refractivity contribution in [3.8, 4) is 0 Å². The molecule has 3 aromatic rings. The maximum Gasteiger partial charge on any atom is -0.00196 e. The van der Waals surface area contributed by atoms with Crippen molar-refractivity contribution in [3.05, 3.63) is 82.9 Å². The molecule has 0 aromatic heterocycles. The van der Waals surface area contributed by atoms with Gasteiger partial charge in [0.25, 0.3) is 0 Å². The first kappa shape index (κ1) is 17.7. The molecular formula is C25H30. The quantitative estimate of drug-likeness (QED) is 0.473. The molecule has 0 aliphatic heterocycles. The van der Waals surface area contributed by atoms with Crippen LogP contribution in [0.15, 0.2) is 60.7 Å². The molecule has 0 amide bonds. The maximum atomic E-state index is 2.32. The van der Waals surface area contributed by atoms with Crippen LogP contribution in [-0.4, -0.2) is 0 Å². The zero-order valence-electron chi connectivity index (χ0n) is 16.5. The highest BCUT2D eigenvalue weighted by molar-refractivity contribution is 5.89. The fourth-order valence-corrected chi connectivity index (χ4v) is 3.51. The normalized spacial score (nSPS) is 12.6. The van der Waals surface area contributed by atoms with Gasteiger partial charge in [-0.1, -0.05) is 102 Å². The maximum absolute atomic E-state index is 2.32. The van der Waals surface area contributed by atoms with Gasteiger partial charge in [-0.2, -0.15) is 0 Å². The lowest BCUT2D eigenvalue weighted by molar-refractivity contribution is 0.590. The zero-order valence-corrected chi connectivity index (χ0v) is 16.5. The van der Waals surface area contributed by atoms with Gasteiger partial charge in [-0.05, 0) is 50.3 Å². The number of rotatable bonds is 2. The van der Waals surface area contributed by atoms with Gasteiger partial charge in [0.2, 0.25) is 0 Å². The summed E-state index contributed by atoms with van der Waals surface area (Å²) in [6.45, 7) is 13.7. The van der Waals surface area contributed by atoms with Gasteiger partial charge in [0.15, 0.2) is 0 Å². The Balaban J connectivity index is 2.00. The number of hydrogen-bond donors (Lipinski definition) is 0. The average Bonchev–Trinajstić information content (AvgIpc) is 2.53. The standard InChI is InChI=1S/C25H30/c1-24(2,3)20-14-11-18(12-15-20)17-19-13-16-23(25(4,5)6)22-10-8-7-9-21(19)22/h7-16H,17H2,1-6H3. The molecule has 0 radical (unpaired) electrons. The van der Waals surface area contributed by atoms with Crippen molar-refractivity contribution in [2.24, 2.45) is 0 Å². The molecule has 25 heavy (non-hydrogen) atoms. The smallest absolute Gasteiger partial charge is 0.00196 e. The second kappa shape index (κ2) is 6.33. The summed E-state index contributed by atoms with van der Waals surface area (Å²) < 4.78 is 0. The largest absolute Gasteiger partial charge is 0.0616 e. The van der Waals surface area contributed by atoms with E-state index in [0.29, 0.717) is 0 Å². The van der Waals surface area contributed by atoms with Gasteiger partial charge in [0.05, 0.1) is 0 Å². The molecule has 130 valence electrons.